The van der Waals surface area contributed by atoms with Crippen molar-refractivity contribution in [2.75, 3.05) is 7.11 Å². The van der Waals surface area contributed by atoms with Crippen LogP contribution in [0.1, 0.15) is 52.9 Å². The molecule has 2 aliphatic carbocycles. The van der Waals surface area contributed by atoms with Crippen molar-refractivity contribution < 1.29 is 9.47 Å². The summed E-state index contributed by atoms with van der Waals surface area (Å²) in [5, 5.41) is 0. The first-order valence-corrected chi connectivity index (χ1v) is 7.97. The van der Waals surface area contributed by atoms with Gasteiger partial charge in [-0.15, -0.1) is 0 Å². The summed E-state index contributed by atoms with van der Waals surface area (Å²) in [6, 6.07) is 8.48. The van der Waals surface area contributed by atoms with Crippen molar-refractivity contribution in [2.45, 2.75) is 64.6 Å². The van der Waals surface area contributed by atoms with Crippen molar-refractivity contribution in [2.24, 2.45) is 0 Å². The van der Waals surface area contributed by atoms with Gasteiger partial charge in [0.2, 0.25) is 0 Å². The fraction of sp³-hybridized carbons (Fsp3) is 0.579. The zero-order valence-corrected chi connectivity index (χ0v) is 14.0. The van der Waals surface area contributed by atoms with Crippen LogP contribution < -0.4 is 0 Å². The van der Waals surface area contributed by atoms with Crippen LogP contribution in [0, 0.1) is 0 Å². The molecule has 0 N–H and O–H groups in total. The molecule has 2 rings (SSSR count). The van der Waals surface area contributed by atoms with Gasteiger partial charge >= 0.3 is 0 Å². The topological polar surface area (TPSA) is 18.5 Å². The van der Waals surface area contributed by atoms with Crippen LogP contribution in [0.5, 0.6) is 0 Å². The zero-order valence-electron chi connectivity index (χ0n) is 14.0. The van der Waals surface area contributed by atoms with E-state index in [1.807, 2.05) is 13.8 Å². The van der Waals surface area contributed by atoms with Gasteiger partial charge in [0, 0.05) is 7.11 Å². The van der Waals surface area contributed by atoms with E-state index in [9.17, 15) is 0 Å². The number of rotatable bonds is 9. The van der Waals surface area contributed by atoms with Gasteiger partial charge in [-0.3, -0.25) is 0 Å². The normalized spacial score (nSPS) is 13.0. The van der Waals surface area contributed by atoms with Crippen molar-refractivity contribution in [3.05, 3.63) is 37.1 Å². The van der Waals surface area contributed by atoms with Crippen LogP contribution in [0.25, 0.3) is 11.1 Å². The van der Waals surface area contributed by atoms with Crippen LogP contribution in [0.2, 0.25) is 0 Å². The van der Waals surface area contributed by atoms with Gasteiger partial charge in [0.05, 0.1) is 12.4 Å². The minimum absolute atomic E-state index is 0.146. The summed E-state index contributed by atoms with van der Waals surface area (Å²) in [6.07, 6.45) is 7.75. The van der Waals surface area contributed by atoms with Crippen LogP contribution in [-0.4, -0.2) is 18.8 Å². The molecule has 2 heteroatoms. The largest absolute Gasteiger partial charge is 0.493 e. The van der Waals surface area contributed by atoms with Crippen molar-refractivity contribution in [1.82, 2.24) is 0 Å². The number of fused-ring (bicyclic) bond motifs is 1. The molecule has 0 amide bonds. The molecule has 0 saturated carbocycles. The highest BCUT2D eigenvalue weighted by atomic mass is 16.5. The van der Waals surface area contributed by atoms with Crippen LogP contribution in [-0.2, 0) is 9.47 Å². The Bertz CT molecular complexity index is 385. The zero-order chi connectivity index (χ0) is 15.7. The van der Waals surface area contributed by atoms with Crippen molar-refractivity contribution in [3.8, 4) is 11.1 Å². The first-order chi connectivity index (χ1) is 10.0. The highest BCUT2D eigenvalue weighted by Gasteiger charge is 2.29. The Labute approximate surface area is 130 Å². The lowest BCUT2D eigenvalue weighted by atomic mass is 9.95. The molecule has 118 valence electrons. The van der Waals surface area contributed by atoms with Gasteiger partial charge in [0.15, 0.2) is 0 Å². The molecule has 0 aromatic rings. The molecule has 0 heterocycles. The Morgan fingerprint density at radius 1 is 1.10 bits per heavy atom. The smallest absolute Gasteiger partial charge is 0.128 e. The maximum Gasteiger partial charge on any atom is 0.128 e. The summed E-state index contributed by atoms with van der Waals surface area (Å²) in [5.74, 6) is 0. The first-order valence-electron chi connectivity index (χ1n) is 7.97. The molecule has 2 aliphatic rings. The minimum atomic E-state index is -0.275. The molecule has 0 aromatic heterocycles. The second kappa shape index (κ2) is 8.89. The predicted octanol–water partition coefficient (Wildman–Crippen LogP) is 5.58. The van der Waals surface area contributed by atoms with Gasteiger partial charge < -0.3 is 9.47 Å². The fourth-order valence-corrected chi connectivity index (χ4v) is 2.46. The summed E-state index contributed by atoms with van der Waals surface area (Å²) in [4.78, 5) is 0. The van der Waals surface area contributed by atoms with E-state index in [0.717, 1.165) is 6.42 Å². The Balaban J connectivity index is 0.000000294. The second-order valence-corrected chi connectivity index (χ2v) is 6.04. The lowest BCUT2D eigenvalue weighted by Crippen LogP contribution is -2.39. The molecule has 0 radical (unpaired) electrons. The van der Waals surface area contributed by atoms with E-state index >= 15 is 0 Å². The van der Waals surface area contributed by atoms with Gasteiger partial charge in [0.25, 0.3) is 0 Å². The van der Waals surface area contributed by atoms with Gasteiger partial charge in [-0.2, -0.15) is 0 Å². The number of hydrogen-bond acceptors (Lipinski definition) is 2. The van der Waals surface area contributed by atoms with Crippen molar-refractivity contribution in [3.63, 3.8) is 0 Å². The summed E-state index contributed by atoms with van der Waals surface area (Å²) in [6.45, 7) is 9.90. The van der Waals surface area contributed by atoms with Gasteiger partial charge in [-0.05, 0) is 31.4 Å². The Kier molecular flexibility index (Phi) is 7.52. The number of unbranched alkanes of at least 4 members (excludes halogenated alkanes) is 3. The van der Waals surface area contributed by atoms with E-state index in [4.69, 9.17) is 9.47 Å². The molecule has 21 heavy (non-hydrogen) atoms. The molecular weight excluding hydrogens is 260 g/mol. The molecule has 0 aromatic carbocycles. The van der Waals surface area contributed by atoms with Crippen LogP contribution in [0.15, 0.2) is 37.1 Å². The Morgan fingerprint density at radius 3 is 2.00 bits per heavy atom. The molecule has 1 atom stereocenters. The van der Waals surface area contributed by atoms with Gasteiger partial charge in [-0.1, -0.05) is 63.5 Å². The van der Waals surface area contributed by atoms with Crippen LogP contribution in [0.4, 0.5) is 0 Å². The molecule has 0 bridgehead atoms. The quantitative estimate of drug-likeness (QED) is 0.443. The third-order valence-electron chi connectivity index (χ3n) is 3.99. The first kappa shape index (κ1) is 17.8. The Hall–Kier alpha value is -1.28. The molecule has 1 unspecified atom stereocenters. The lowest BCUT2D eigenvalue weighted by molar-refractivity contribution is -0.0809. The molecular formula is C19H30O2. The van der Waals surface area contributed by atoms with E-state index in [1.54, 1.807) is 7.11 Å². The summed E-state index contributed by atoms with van der Waals surface area (Å²) in [5.41, 5.74) is 2.58. The van der Waals surface area contributed by atoms with E-state index in [-0.39, 0.29) is 11.7 Å². The third kappa shape index (κ3) is 5.55. The third-order valence-corrected chi connectivity index (χ3v) is 3.99. The summed E-state index contributed by atoms with van der Waals surface area (Å²) in [7, 11) is 1.75. The second-order valence-electron chi connectivity index (χ2n) is 6.04. The SMILES string of the molecule is C=COC(C)(C)C(CCCCCC)OC.c1cc2ccc1-2. The Morgan fingerprint density at radius 2 is 1.67 bits per heavy atom. The minimum Gasteiger partial charge on any atom is -0.493 e. The van der Waals surface area contributed by atoms with Crippen LogP contribution >= 0.6 is 0 Å². The predicted molar refractivity (Wildman–Crippen MR) is 90.4 cm³/mol. The molecule has 0 spiro atoms. The molecule has 0 saturated heterocycles. The standard InChI is InChI=1S/C13H26O2.C6H4/c1-6-8-9-10-11-12(14-5)13(3,4)15-7-2;1-2-6-4-3-5(1)6/h7,12H,2,6,8-11H2,1,3-5H3;1-4H. The van der Waals surface area contributed by atoms with E-state index in [1.165, 1.54) is 43.1 Å². The van der Waals surface area contributed by atoms with Gasteiger partial charge in [-0.25, -0.2) is 0 Å². The summed E-state index contributed by atoms with van der Waals surface area (Å²) < 4.78 is 11.0. The van der Waals surface area contributed by atoms with E-state index in [2.05, 4.69) is 37.8 Å². The number of hydrogen-bond donors (Lipinski definition) is 0. The highest BCUT2D eigenvalue weighted by Crippen LogP contribution is 2.29. The summed E-state index contributed by atoms with van der Waals surface area (Å²) >= 11 is 0. The molecule has 2 nitrogen and oxygen atoms in total. The van der Waals surface area contributed by atoms with Crippen LogP contribution in [0.3, 0.4) is 0 Å². The molecule has 0 aliphatic heterocycles. The fourth-order valence-electron chi connectivity index (χ4n) is 2.46. The molecule has 0 fully saturated rings. The highest BCUT2D eigenvalue weighted by molar-refractivity contribution is 5.75. The maximum absolute atomic E-state index is 5.48. The van der Waals surface area contributed by atoms with E-state index < -0.39 is 0 Å². The monoisotopic (exact) mass is 290 g/mol. The van der Waals surface area contributed by atoms with E-state index in [0.29, 0.717) is 0 Å². The van der Waals surface area contributed by atoms with Crippen molar-refractivity contribution in [1.29, 1.82) is 0 Å². The van der Waals surface area contributed by atoms with Gasteiger partial charge in [0.1, 0.15) is 5.60 Å². The lowest BCUT2D eigenvalue weighted by Gasteiger charge is -2.32. The number of benzene rings is 1. The number of ether oxygens (including phenoxy) is 2. The number of methoxy groups -OCH3 is 1. The average molecular weight is 290 g/mol. The maximum atomic E-state index is 5.48. The average Bonchev–Trinajstić information content (AvgIpc) is 2.43. The van der Waals surface area contributed by atoms with Crippen molar-refractivity contribution >= 4 is 0 Å².